The molecule has 1 aliphatic rings. The molecule has 0 aromatic carbocycles. The van der Waals surface area contributed by atoms with E-state index in [1.54, 1.807) is 9.42 Å². The molecular formula is C13H15N5O3. The second-order valence-electron chi connectivity index (χ2n) is 5.02. The van der Waals surface area contributed by atoms with Crippen LogP contribution in [0.2, 0.25) is 0 Å². The van der Waals surface area contributed by atoms with E-state index >= 15 is 0 Å². The molecule has 110 valence electrons. The van der Waals surface area contributed by atoms with Crippen molar-refractivity contribution in [3.8, 4) is 0 Å². The highest BCUT2D eigenvalue weighted by molar-refractivity contribution is 5.90. The first kappa shape index (κ1) is 13.3. The summed E-state index contributed by atoms with van der Waals surface area (Å²) in [7, 11) is 0. The highest BCUT2D eigenvalue weighted by Crippen LogP contribution is 2.22. The van der Waals surface area contributed by atoms with Crippen LogP contribution in [-0.4, -0.2) is 50.7 Å². The van der Waals surface area contributed by atoms with Crippen LogP contribution in [0, 0.1) is 6.92 Å². The zero-order chi connectivity index (χ0) is 15.0. The minimum Gasteiger partial charge on any atom is -0.481 e. The molecule has 3 heterocycles. The number of nitrogens with zero attached hydrogens (tertiary/aromatic N) is 4. The number of fused-ring (bicyclic) bond motifs is 1. The first-order valence-corrected chi connectivity index (χ1v) is 6.63. The van der Waals surface area contributed by atoms with Gasteiger partial charge in [-0.1, -0.05) is 0 Å². The summed E-state index contributed by atoms with van der Waals surface area (Å²) in [6.45, 7) is 2.93. The number of carboxylic acid groups (broad SMARTS) is 1. The van der Waals surface area contributed by atoms with Gasteiger partial charge in [0.15, 0.2) is 5.65 Å². The molecule has 1 aliphatic heterocycles. The molecule has 0 aliphatic carbocycles. The topological polar surface area (TPSA) is 99.8 Å². The predicted octanol–water partition coefficient (Wildman–Crippen LogP) is -0.183. The van der Waals surface area contributed by atoms with Crippen molar-refractivity contribution >= 4 is 23.3 Å². The number of carbonyl (C=O) groups is 2. The van der Waals surface area contributed by atoms with Crippen LogP contribution in [0.1, 0.15) is 12.0 Å². The average molecular weight is 289 g/mol. The number of hydrogen-bond donors (Lipinski definition) is 2. The van der Waals surface area contributed by atoms with E-state index in [2.05, 4.69) is 15.4 Å². The maximum Gasteiger partial charge on any atom is 0.305 e. The number of carbonyl (C=O) groups excluding carboxylic acids is 1. The smallest absolute Gasteiger partial charge is 0.305 e. The van der Waals surface area contributed by atoms with Gasteiger partial charge >= 0.3 is 5.97 Å². The van der Waals surface area contributed by atoms with Gasteiger partial charge in [-0.05, 0) is 24.6 Å². The highest BCUT2D eigenvalue weighted by atomic mass is 16.4. The van der Waals surface area contributed by atoms with E-state index in [0.717, 1.165) is 5.56 Å². The molecule has 0 bridgehead atoms. The number of rotatable bonds is 3. The Balaban J connectivity index is 2.07. The van der Waals surface area contributed by atoms with E-state index in [9.17, 15) is 9.59 Å². The summed E-state index contributed by atoms with van der Waals surface area (Å²) in [5.74, 6) is -0.605. The van der Waals surface area contributed by atoms with Crippen LogP contribution in [-0.2, 0) is 9.59 Å². The number of hydrogen-bond acceptors (Lipinski definition) is 5. The molecule has 3 rings (SSSR count). The van der Waals surface area contributed by atoms with Crippen LogP contribution < -0.4 is 10.2 Å². The van der Waals surface area contributed by atoms with Gasteiger partial charge in [0.1, 0.15) is 18.2 Å². The molecule has 1 unspecified atom stereocenters. The van der Waals surface area contributed by atoms with Crippen molar-refractivity contribution in [3.05, 3.63) is 24.0 Å². The van der Waals surface area contributed by atoms with Crippen LogP contribution in [0.3, 0.4) is 0 Å². The van der Waals surface area contributed by atoms with Crippen LogP contribution in [0.25, 0.3) is 5.65 Å². The fourth-order valence-electron chi connectivity index (χ4n) is 2.60. The summed E-state index contributed by atoms with van der Waals surface area (Å²) in [4.78, 5) is 29.0. The third-order valence-corrected chi connectivity index (χ3v) is 3.50. The van der Waals surface area contributed by atoms with Crippen LogP contribution in [0.15, 0.2) is 18.5 Å². The molecule has 1 fully saturated rings. The number of carboxylic acids is 1. The lowest BCUT2D eigenvalue weighted by Gasteiger charge is -2.35. The van der Waals surface area contributed by atoms with Gasteiger partial charge in [-0.25, -0.2) is 4.98 Å². The minimum atomic E-state index is -1.01. The number of nitrogens with one attached hydrogen (secondary N) is 1. The molecule has 1 saturated heterocycles. The number of aliphatic carboxylic acids is 1. The molecule has 0 radical (unpaired) electrons. The molecule has 8 nitrogen and oxygen atoms in total. The van der Waals surface area contributed by atoms with E-state index in [-0.39, 0.29) is 12.3 Å². The van der Waals surface area contributed by atoms with Crippen molar-refractivity contribution in [2.45, 2.75) is 19.4 Å². The molecular weight excluding hydrogens is 274 g/mol. The number of aromatic nitrogens is 3. The Labute approximate surface area is 120 Å². The Bertz CT molecular complexity index is 711. The Kier molecular flexibility index (Phi) is 3.20. The Morgan fingerprint density at radius 2 is 2.33 bits per heavy atom. The van der Waals surface area contributed by atoms with Gasteiger partial charge < -0.3 is 15.3 Å². The lowest BCUT2D eigenvalue weighted by Crippen LogP contribution is -2.56. The Morgan fingerprint density at radius 3 is 3.10 bits per heavy atom. The number of anilines is 1. The molecule has 2 aromatic heterocycles. The largest absolute Gasteiger partial charge is 0.481 e. The standard InChI is InChI=1S/C13H15N5O3/c1-8-4-10-15-7-16-18(10)11(5-8)17-3-2-14-13(21)9(17)6-12(19)20/h4-5,7,9H,2-3,6H2,1H3,(H,14,21)(H,19,20). The first-order chi connectivity index (χ1) is 10.1. The fraction of sp³-hybridized carbons (Fsp3) is 0.385. The maximum atomic E-state index is 12.0. The van der Waals surface area contributed by atoms with Crippen LogP contribution in [0.5, 0.6) is 0 Å². The third-order valence-electron chi connectivity index (χ3n) is 3.50. The zero-order valence-corrected chi connectivity index (χ0v) is 11.5. The molecule has 0 saturated carbocycles. The van der Waals surface area contributed by atoms with Crippen LogP contribution in [0.4, 0.5) is 5.82 Å². The molecule has 8 heteroatoms. The molecule has 2 aromatic rings. The third kappa shape index (κ3) is 2.39. The van der Waals surface area contributed by atoms with Gasteiger partial charge in [-0.15, -0.1) is 0 Å². The second-order valence-corrected chi connectivity index (χ2v) is 5.02. The lowest BCUT2D eigenvalue weighted by molar-refractivity contribution is -0.139. The number of piperazine rings is 1. The zero-order valence-electron chi connectivity index (χ0n) is 11.5. The molecule has 2 N–H and O–H groups in total. The second kappa shape index (κ2) is 5.04. The maximum absolute atomic E-state index is 12.0. The average Bonchev–Trinajstić information content (AvgIpc) is 2.87. The minimum absolute atomic E-state index is 0.254. The van der Waals surface area contributed by atoms with E-state index < -0.39 is 12.0 Å². The Hall–Kier alpha value is -2.64. The highest BCUT2D eigenvalue weighted by Gasteiger charge is 2.33. The van der Waals surface area contributed by atoms with Crippen molar-refractivity contribution in [1.82, 2.24) is 19.9 Å². The van der Waals surface area contributed by atoms with Crippen LogP contribution >= 0.6 is 0 Å². The van der Waals surface area contributed by atoms with Gasteiger partial charge in [0.25, 0.3) is 0 Å². The van der Waals surface area contributed by atoms with E-state index in [4.69, 9.17) is 5.11 Å². The molecule has 21 heavy (non-hydrogen) atoms. The molecule has 0 spiro atoms. The predicted molar refractivity (Wildman–Crippen MR) is 74.1 cm³/mol. The number of aryl methyl sites for hydroxylation is 1. The quantitative estimate of drug-likeness (QED) is 0.813. The molecule has 1 amide bonds. The SMILES string of the molecule is Cc1cc(N2CCNC(=O)C2CC(=O)O)n2ncnc2c1. The van der Waals surface area contributed by atoms with Gasteiger partial charge in [0.05, 0.1) is 6.42 Å². The van der Waals surface area contributed by atoms with Crippen molar-refractivity contribution in [2.24, 2.45) is 0 Å². The first-order valence-electron chi connectivity index (χ1n) is 6.63. The fourth-order valence-corrected chi connectivity index (χ4v) is 2.60. The number of amides is 1. The van der Waals surface area contributed by atoms with Crippen molar-refractivity contribution in [1.29, 1.82) is 0 Å². The van der Waals surface area contributed by atoms with E-state index in [1.165, 1.54) is 6.33 Å². The van der Waals surface area contributed by atoms with E-state index in [1.807, 2.05) is 19.1 Å². The summed E-state index contributed by atoms with van der Waals surface area (Å²) < 4.78 is 1.63. The number of pyridine rings is 1. The molecule has 1 atom stereocenters. The van der Waals surface area contributed by atoms with Gasteiger partial charge in [-0.2, -0.15) is 9.61 Å². The van der Waals surface area contributed by atoms with Gasteiger partial charge in [-0.3, -0.25) is 9.59 Å². The normalized spacial score (nSPS) is 18.8. The van der Waals surface area contributed by atoms with E-state index in [0.29, 0.717) is 24.6 Å². The lowest BCUT2D eigenvalue weighted by atomic mass is 10.1. The summed E-state index contributed by atoms with van der Waals surface area (Å²) in [6, 6.07) is 3.02. The summed E-state index contributed by atoms with van der Waals surface area (Å²) in [5, 5.41) is 15.9. The summed E-state index contributed by atoms with van der Waals surface area (Å²) >= 11 is 0. The van der Waals surface area contributed by atoms with Gasteiger partial charge in [0.2, 0.25) is 5.91 Å². The van der Waals surface area contributed by atoms with Crippen molar-refractivity contribution in [3.63, 3.8) is 0 Å². The Morgan fingerprint density at radius 1 is 1.52 bits per heavy atom. The van der Waals surface area contributed by atoms with Crippen molar-refractivity contribution < 1.29 is 14.7 Å². The monoisotopic (exact) mass is 289 g/mol. The summed E-state index contributed by atoms with van der Waals surface area (Å²) in [5.41, 5.74) is 1.65. The van der Waals surface area contributed by atoms with Crippen molar-refractivity contribution in [2.75, 3.05) is 18.0 Å². The summed E-state index contributed by atoms with van der Waals surface area (Å²) in [6.07, 6.45) is 1.18. The van der Waals surface area contributed by atoms with Gasteiger partial charge in [0, 0.05) is 13.1 Å².